The molecule has 2 aromatic heterocycles. The van der Waals surface area contributed by atoms with Gasteiger partial charge in [0.1, 0.15) is 5.82 Å². The fourth-order valence-corrected chi connectivity index (χ4v) is 3.29. The SMILES string of the molecule is CCc1nc(-c2cnc(N)c(OC(F)F)c2)cc(C2CC(C)(CO)C2)n1. The van der Waals surface area contributed by atoms with Crippen LogP contribution in [0, 0.1) is 5.41 Å². The summed E-state index contributed by atoms with van der Waals surface area (Å²) in [5.41, 5.74) is 7.56. The Hall–Kier alpha value is -2.35. The lowest BCUT2D eigenvalue weighted by molar-refractivity contribution is -0.0494. The number of nitrogens with zero attached hydrogens (tertiary/aromatic N) is 3. The van der Waals surface area contributed by atoms with Crippen LogP contribution >= 0.6 is 0 Å². The van der Waals surface area contributed by atoms with Crippen molar-refractivity contribution in [3.8, 4) is 17.0 Å². The maximum absolute atomic E-state index is 12.5. The molecule has 0 aliphatic heterocycles. The minimum atomic E-state index is -2.98. The van der Waals surface area contributed by atoms with Crippen molar-refractivity contribution in [1.82, 2.24) is 15.0 Å². The number of aromatic nitrogens is 3. The van der Waals surface area contributed by atoms with Gasteiger partial charge in [0.25, 0.3) is 0 Å². The summed E-state index contributed by atoms with van der Waals surface area (Å²) in [4.78, 5) is 13.0. The summed E-state index contributed by atoms with van der Waals surface area (Å²) in [7, 11) is 0. The predicted molar refractivity (Wildman–Crippen MR) is 92.9 cm³/mol. The Bertz CT molecular complexity index is 795. The average Bonchev–Trinajstić information content (AvgIpc) is 2.60. The second-order valence-corrected chi connectivity index (χ2v) is 7.01. The van der Waals surface area contributed by atoms with Gasteiger partial charge in [-0.05, 0) is 30.4 Å². The summed E-state index contributed by atoms with van der Waals surface area (Å²) in [5, 5.41) is 9.44. The van der Waals surface area contributed by atoms with Crippen LogP contribution in [0.15, 0.2) is 18.3 Å². The lowest BCUT2D eigenvalue weighted by Gasteiger charge is -2.43. The van der Waals surface area contributed by atoms with E-state index in [1.165, 1.54) is 12.3 Å². The molecule has 0 amide bonds. The van der Waals surface area contributed by atoms with Crippen molar-refractivity contribution in [3.63, 3.8) is 0 Å². The number of ether oxygens (including phenoxy) is 1. The number of aliphatic hydroxyl groups is 1. The molecule has 3 rings (SSSR count). The van der Waals surface area contributed by atoms with E-state index in [-0.39, 0.29) is 29.5 Å². The summed E-state index contributed by atoms with van der Waals surface area (Å²) in [6.07, 6.45) is 3.83. The first-order chi connectivity index (χ1) is 12.3. The van der Waals surface area contributed by atoms with Crippen LogP contribution in [-0.2, 0) is 6.42 Å². The van der Waals surface area contributed by atoms with Crippen molar-refractivity contribution >= 4 is 5.82 Å². The van der Waals surface area contributed by atoms with Gasteiger partial charge in [-0.15, -0.1) is 0 Å². The number of alkyl halides is 2. The largest absolute Gasteiger partial charge is 0.431 e. The monoisotopic (exact) mass is 364 g/mol. The van der Waals surface area contributed by atoms with E-state index in [0.717, 1.165) is 18.5 Å². The lowest BCUT2D eigenvalue weighted by atomic mass is 9.62. The minimum Gasteiger partial charge on any atom is -0.431 e. The number of anilines is 1. The molecule has 140 valence electrons. The third kappa shape index (κ3) is 3.75. The van der Waals surface area contributed by atoms with Gasteiger partial charge >= 0.3 is 6.61 Å². The third-order valence-corrected chi connectivity index (χ3v) is 4.78. The number of pyridine rings is 1. The zero-order chi connectivity index (χ0) is 18.9. The fourth-order valence-electron chi connectivity index (χ4n) is 3.29. The van der Waals surface area contributed by atoms with Crippen LogP contribution in [-0.4, -0.2) is 33.3 Å². The molecule has 3 N–H and O–H groups in total. The number of hydrogen-bond acceptors (Lipinski definition) is 6. The molecule has 6 nitrogen and oxygen atoms in total. The van der Waals surface area contributed by atoms with E-state index in [0.29, 0.717) is 23.5 Å². The van der Waals surface area contributed by atoms with Gasteiger partial charge in [-0.2, -0.15) is 8.78 Å². The molecule has 8 heteroatoms. The highest BCUT2D eigenvalue weighted by Crippen LogP contribution is 2.50. The molecular formula is C18H22F2N4O2. The van der Waals surface area contributed by atoms with E-state index >= 15 is 0 Å². The van der Waals surface area contributed by atoms with E-state index < -0.39 is 6.61 Å². The molecule has 0 spiro atoms. The Morgan fingerprint density at radius 1 is 1.35 bits per heavy atom. The highest BCUT2D eigenvalue weighted by molar-refractivity contribution is 5.64. The molecule has 0 atom stereocenters. The van der Waals surface area contributed by atoms with Gasteiger partial charge in [0, 0.05) is 36.4 Å². The van der Waals surface area contributed by atoms with Crippen molar-refractivity contribution in [2.45, 2.75) is 45.6 Å². The molecule has 0 bridgehead atoms. The number of nitrogen functional groups attached to an aromatic ring is 1. The summed E-state index contributed by atoms with van der Waals surface area (Å²) in [5.74, 6) is 0.643. The Balaban J connectivity index is 1.94. The van der Waals surface area contributed by atoms with E-state index in [2.05, 4.69) is 19.7 Å². The maximum atomic E-state index is 12.5. The molecule has 2 aromatic rings. The number of aliphatic hydroxyl groups excluding tert-OH is 1. The number of nitrogens with two attached hydrogens (primary N) is 1. The number of aryl methyl sites for hydroxylation is 1. The molecule has 0 radical (unpaired) electrons. The molecule has 2 heterocycles. The quantitative estimate of drug-likeness (QED) is 0.818. The highest BCUT2D eigenvalue weighted by atomic mass is 19.3. The molecule has 1 saturated carbocycles. The molecule has 1 fully saturated rings. The van der Waals surface area contributed by atoms with Crippen LogP contribution < -0.4 is 10.5 Å². The van der Waals surface area contributed by atoms with Crippen LogP contribution in [0.2, 0.25) is 0 Å². The summed E-state index contributed by atoms with van der Waals surface area (Å²) in [6.45, 7) is 1.17. The predicted octanol–water partition coefficient (Wildman–Crippen LogP) is 3.16. The lowest BCUT2D eigenvalue weighted by Crippen LogP contribution is -2.36. The molecular weight excluding hydrogens is 342 g/mol. The maximum Gasteiger partial charge on any atom is 0.387 e. The number of rotatable bonds is 6. The Kier molecular flexibility index (Phi) is 5.04. The minimum absolute atomic E-state index is 0.0663. The van der Waals surface area contributed by atoms with Crippen molar-refractivity contribution in [3.05, 3.63) is 29.8 Å². The van der Waals surface area contributed by atoms with E-state index in [9.17, 15) is 13.9 Å². The van der Waals surface area contributed by atoms with Crippen molar-refractivity contribution in [2.24, 2.45) is 5.41 Å². The second-order valence-electron chi connectivity index (χ2n) is 7.01. The van der Waals surface area contributed by atoms with Crippen LogP contribution in [0.4, 0.5) is 14.6 Å². The Labute approximate surface area is 150 Å². The average molecular weight is 364 g/mol. The van der Waals surface area contributed by atoms with Crippen LogP contribution in [0.5, 0.6) is 5.75 Å². The number of hydrogen-bond donors (Lipinski definition) is 2. The molecule has 1 aliphatic rings. The Morgan fingerprint density at radius 2 is 2.08 bits per heavy atom. The van der Waals surface area contributed by atoms with Crippen LogP contribution in [0.3, 0.4) is 0 Å². The van der Waals surface area contributed by atoms with Gasteiger partial charge in [0.15, 0.2) is 11.6 Å². The highest BCUT2D eigenvalue weighted by Gasteiger charge is 2.41. The normalized spacial score (nSPS) is 22.3. The third-order valence-electron chi connectivity index (χ3n) is 4.78. The van der Waals surface area contributed by atoms with Gasteiger partial charge < -0.3 is 15.6 Å². The van der Waals surface area contributed by atoms with Crippen LogP contribution in [0.1, 0.15) is 44.1 Å². The molecule has 0 aromatic carbocycles. The van der Waals surface area contributed by atoms with Crippen molar-refractivity contribution in [1.29, 1.82) is 0 Å². The Morgan fingerprint density at radius 3 is 2.69 bits per heavy atom. The van der Waals surface area contributed by atoms with Crippen molar-refractivity contribution in [2.75, 3.05) is 12.3 Å². The summed E-state index contributed by atoms with van der Waals surface area (Å²) < 4.78 is 29.5. The first kappa shape index (κ1) is 18.4. The zero-order valence-corrected chi connectivity index (χ0v) is 14.7. The summed E-state index contributed by atoms with van der Waals surface area (Å²) in [6, 6.07) is 3.26. The van der Waals surface area contributed by atoms with E-state index in [1.54, 1.807) is 0 Å². The first-order valence-corrected chi connectivity index (χ1v) is 8.53. The fraction of sp³-hybridized carbons (Fsp3) is 0.500. The standard InChI is InChI=1S/C18H22F2N4O2/c1-3-15-23-12(5-13(24-15)11-6-18(2,7-11)9-25)10-4-14(26-17(19)20)16(21)22-8-10/h4-5,8,11,17,25H,3,6-7,9H2,1-2H3,(H2,21,22). The molecule has 1 aliphatic carbocycles. The van der Waals surface area contributed by atoms with Crippen LogP contribution in [0.25, 0.3) is 11.3 Å². The van der Waals surface area contributed by atoms with Gasteiger partial charge in [-0.3, -0.25) is 0 Å². The molecule has 0 unspecified atom stereocenters. The van der Waals surface area contributed by atoms with Gasteiger partial charge in [-0.1, -0.05) is 13.8 Å². The van der Waals surface area contributed by atoms with Gasteiger partial charge in [0.05, 0.1) is 5.69 Å². The van der Waals surface area contributed by atoms with Gasteiger partial charge in [-0.25, -0.2) is 15.0 Å². The summed E-state index contributed by atoms with van der Waals surface area (Å²) >= 11 is 0. The topological polar surface area (TPSA) is 94.2 Å². The first-order valence-electron chi connectivity index (χ1n) is 8.53. The van der Waals surface area contributed by atoms with Gasteiger partial charge in [0.2, 0.25) is 0 Å². The molecule has 26 heavy (non-hydrogen) atoms. The smallest absolute Gasteiger partial charge is 0.387 e. The van der Waals surface area contributed by atoms with E-state index in [1.807, 2.05) is 19.9 Å². The second kappa shape index (κ2) is 7.11. The molecule has 0 saturated heterocycles. The van der Waals surface area contributed by atoms with E-state index in [4.69, 9.17) is 5.73 Å². The zero-order valence-electron chi connectivity index (χ0n) is 14.7. The van der Waals surface area contributed by atoms with Crippen molar-refractivity contribution < 1.29 is 18.6 Å². The number of halogens is 2.